The van der Waals surface area contributed by atoms with Gasteiger partial charge in [-0.3, -0.25) is 9.59 Å². The first-order valence-corrected chi connectivity index (χ1v) is 9.05. The van der Waals surface area contributed by atoms with Gasteiger partial charge in [0, 0.05) is 51.6 Å². The molecule has 7 heteroatoms. The SMILES string of the molecule is CCCC(=O)N1CCC(C(=O)N2CCN(C(=O)OCC)CC2)CC1. The molecule has 7 nitrogen and oxygen atoms in total. The Bertz CT molecular complexity index is 413. The zero-order chi connectivity index (χ0) is 17.5. The second-order valence-electron chi connectivity index (χ2n) is 6.42. The smallest absolute Gasteiger partial charge is 0.409 e. The van der Waals surface area contributed by atoms with E-state index in [0.29, 0.717) is 52.3 Å². The number of piperazine rings is 1. The molecular formula is C17H29N3O4. The van der Waals surface area contributed by atoms with Crippen LogP contribution in [0.25, 0.3) is 0 Å². The van der Waals surface area contributed by atoms with Crippen molar-refractivity contribution in [1.29, 1.82) is 0 Å². The molecule has 0 radical (unpaired) electrons. The number of amides is 3. The third-order valence-electron chi connectivity index (χ3n) is 4.78. The Morgan fingerprint density at radius 3 is 2.00 bits per heavy atom. The number of carbonyl (C=O) groups excluding carboxylic acids is 3. The Morgan fingerprint density at radius 1 is 0.875 bits per heavy atom. The second kappa shape index (κ2) is 8.89. The topological polar surface area (TPSA) is 70.2 Å². The summed E-state index contributed by atoms with van der Waals surface area (Å²) in [7, 11) is 0. The van der Waals surface area contributed by atoms with Gasteiger partial charge in [-0.2, -0.15) is 0 Å². The third-order valence-corrected chi connectivity index (χ3v) is 4.78. The zero-order valence-corrected chi connectivity index (χ0v) is 14.8. The number of piperidine rings is 1. The van der Waals surface area contributed by atoms with E-state index in [2.05, 4.69) is 0 Å². The molecule has 2 heterocycles. The van der Waals surface area contributed by atoms with Crippen LogP contribution in [-0.4, -0.2) is 78.5 Å². The number of hydrogen-bond donors (Lipinski definition) is 0. The summed E-state index contributed by atoms with van der Waals surface area (Å²) in [5, 5.41) is 0. The first kappa shape index (κ1) is 18.5. The van der Waals surface area contributed by atoms with E-state index in [1.54, 1.807) is 11.8 Å². The maximum atomic E-state index is 12.6. The monoisotopic (exact) mass is 339 g/mol. The molecule has 2 rings (SSSR count). The van der Waals surface area contributed by atoms with Crippen molar-refractivity contribution in [2.24, 2.45) is 5.92 Å². The molecule has 0 aliphatic carbocycles. The van der Waals surface area contributed by atoms with Crippen molar-refractivity contribution in [3.05, 3.63) is 0 Å². The molecule has 2 aliphatic rings. The van der Waals surface area contributed by atoms with Gasteiger partial charge in [0.15, 0.2) is 0 Å². The predicted molar refractivity (Wildman–Crippen MR) is 89.4 cm³/mol. The van der Waals surface area contributed by atoms with Gasteiger partial charge in [-0.15, -0.1) is 0 Å². The molecule has 2 aliphatic heterocycles. The van der Waals surface area contributed by atoms with E-state index in [0.717, 1.165) is 19.3 Å². The summed E-state index contributed by atoms with van der Waals surface area (Å²) in [5.74, 6) is 0.373. The number of carbonyl (C=O) groups is 3. The van der Waals surface area contributed by atoms with Gasteiger partial charge < -0.3 is 19.4 Å². The van der Waals surface area contributed by atoms with Crippen LogP contribution in [0.15, 0.2) is 0 Å². The summed E-state index contributed by atoms with van der Waals surface area (Å²) in [5.41, 5.74) is 0. The fourth-order valence-corrected chi connectivity index (χ4v) is 3.33. The fourth-order valence-electron chi connectivity index (χ4n) is 3.33. The van der Waals surface area contributed by atoms with Crippen molar-refractivity contribution in [2.75, 3.05) is 45.9 Å². The van der Waals surface area contributed by atoms with Crippen molar-refractivity contribution >= 4 is 17.9 Å². The Balaban J connectivity index is 1.76. The van der Waals surface area contributed by atoms with Crippen LogP contribution in [0.5, 0.6) is 0 Å². The van der Waals surface area contributed by atoms with E-state index in [9.17, 15) is 14.4 Å². The van der Waals surface area contributed by atoms with Gasteiger partial charge >= 0.3 is 6.09 Å². The summed E-state index contributed by atoms with van der Waals surface area (Å²) in [6.07, 6.45) is 2.64. The van der Waals surface area contributed by atoms with Crippen molar-refractivity contribution in [1.82, 2.24) is 14.7 Å². The molecular weight excluding hydrogens is 310 g/mol. The molecule has 2 fully saturated rings. The maximum Gasteiger partial charge on any atom is 0.409 e. The Hall–Kier alpha value is -1.79. The predicted octanol–water partition coefficient (Wildman–Crippen LogP) is 1.33. The minimum Gasteiger partial charge on any atom is -0.450 e. The van der Waals surface area contributed by atoms with Crippen molar-refractivity contribution in [3.8, 4) is 0 Å². The highest BCUT2D eigenvalue weighted by atomic mass is 16.6. The third kappa shape index (κ3) is 4.61. The van der Waals surface area contributed by atoms with Crippen LogP contribution in [0.3, 0.4) is 0 Å². The molecule has 0 aromatic heterocycles. The zero-order valence-electron chi connectivity index (χ0n) is 14.8. The first-order valence-electron chi connectivity index (χ1n) is 9.05. The molecule has 3 amide bonds. The van der Waals surface area contributed by atoms with Crippen LogP contribution in [-0.2, 0) is 14.3 Å². The van der Waals surface area contributed by atoms with Crippen molar-refractivity contribution < 1.29 is 19.1 Å². The number of ether oxygens (including phenoxy) is 1. The van der Waals surface area contributed by atoms with Crippen LogP contribution in [0.2, 0.25) is 0 Å². The molecule has 0 aromatic rings. The lowest BCUT2D eigenvalue weighted by molar-refractivity contribution is -0.141. The van der Waals surface area contributed by atoms with Gasteiger partial charge in [0.25, 0.3) is 0 Å². The maximum absolute atomic E-state index is 12.6. The van der Waals surface area contributed by atoms with E-state index in [4.69, 9.17) is 4.74 Å². The standard InChI is InChI=1S/C17H29N3O4/c1-3-5-15(21)18-8-6-14(7-9-18)16(22)19-10-12-20(13-11-19)17(23)24-4-2/h14H,3-13H2,1-2H3. The van der Waals surface area contributed by atoms with Gasteiger partial charge in [0.2, 0.25) is 11.8 Å². The number of rotatable bonds is 4. The molecule has 24 heavy (non-hydrogen) atoms. The van der Waals surface area contributed by atoms with Crippen molar-refractivity contribution in [2.45, 2.75) is 39.5 Å². The summed E-state index contributed by atoms with van der Waals surface area (Å²) < 4.78 is 4.99. The summed E-state index contributed by atoms with van der Waals surface area (Å²) in [4.78, 5) is 41.6. The molecule has 0 unspecified atom stereocenters. The van der Waals surface area contributed by atoms with E-state index in [1.165, 1.54) is 0 Å². The number of nitrogens with zero attached hydrogens (tertiary/aromatic N) is 3. The van der Waals surface area contributed by atoms with E-state index >= 15 is 0 Å². The summed E-state index contributed by atoms with van der Waals surface area (Å²) >= 11 is 0. The molecule has 0 aromatic carbocycles. The van der Waals surface area contributed by atoms with Crippen LogP contribution in [0.4, 0.5) is 4.79 Å². The molecule has 0 atom stereocenters. The highest BCUT2D eigenvalue weighted by Crippen LogP contribution is 2.21. The molecule has 0 N–H and O–H groups in total. The fraction of sp³-hybridized carbons (Fsp3) is 0.824. The van der Waals surface area contributed by atoms with Crippen LogP contribution in [0, 0.1) is 5.92 Å². The summed E-state index contributed by atoms with van der Waals surface area (Å²) in [6.45, 7) is 7.69. The molecule has 0 spiro atoms. The van der Waals surface area contributed by atoms with E-state index in [1.807, 2.05) is 16.7 Å². The molecule has 136 valence electrons. The van der Waals surface area contributed by atoms with Crippen molar-refractivity contribution in [3.63, 3.8) is 0 Å². The highest BCUT2D eigenvalue weighted by Gasteiger charge is 2.32. The Morgan fingerprint density at radius 2 is 1.46 bits per heavy atom. The van der Waals surface area contributed by atoms with E-state index < -0.39 is 0 Å². The lowest BCUT2D eigenvalue weighted by Gasteiger charge is -2.38. The largest absolute Gasteiger partial charge is 0.450 e. The minimum atomic E-state index is -0.299. The van der Waals surface area contributed by atoms with Gasteiger partial charge in [-0.05, 0) is 26.2 Å². The minimum absolute atomic E-state index is 0.00446. The lowest BCUT2D eigenvalue weighted by Crippen LogP contribution is -2.53. The van der Waals surface area contributed by atoms with Gasteiger partial charge in [-0.25, -0.2) is 4.79 Å². The normalized spacial score (nSPS) is 19.3. The van der Waals surface area contributed by atoms with Crippen LogP contribution >= 0.6 is 0 Å². The van der Waals surface area contributed by atoms with Gasteiger partial charge in [0.1, 0.15) is 0 Å². The van der Waals surface area contributed by atoms with Crippen LogP contribution < -0.4 is 0 Å². The van der Waals surface area contributed by atoms with E-state index in [-0.39, 0.29) is 23.8 Å². The number of likely N-dealkylation sites (tertiary alicyclic amines) is 1. The highest BCUT2D eigenvalue weighted by molar-refractivity contribution is 5.80. The molecule has 2 saturated heterocycles. The second-order valence-corrected chi connectivity index (χ2v) is 6.42. The quantitative estimate of drug-likeness (QED) is 0.775. The molecule has 0 saturated carbocycles. The van der Waals surface area contributed by atoms with Gasteiger partial charge in [-0.1, -0.05) is 6.92 Å². The average Bonchev–Trinajstić information content (AvgIpc) is 2.62. The van der Waals surface area contributed by atoms with Gasteiger partial charge in [0.05, 0.1) is 6.61 Å². The Labute approximate surface area is 143 Å². The molecule has 0 bridgehead atoms. The average molecular weight is 339 g/mol. The first-order chi connectivity index (χ1) is 11.6. The Kier molecular flexibility index (Phi) is 6.87. The van der Waals surface area contributed by atoms with Crippen LogP contribution in [0.1, 0.15) is 39.5 Å². The summed E-state index contributed by atoms with van der Waals surface area (Å²) in [6, 6.07) is 0. The number of hydrogen-bond acceptors (Lipinski definition) is 4. The lowest BCUT2D eigenvalue weighted by atomic mass is 9.94.